The van der Waals surface area contributed by atoms with Gasteiger partial charge in [-0.2, -0.15) is 0 Å². The first-order valence-electron chi connectivity index (χ1n) is 7.77. The van der Waals surface area contributed by atoms with Crippen LogP contribution in [-0.2, 0) is 4.79 Å². The quantitative estimate of drug-likeness (QED) is 0.894. The van der Waals surface area contributed by atoms with Crippen LogP contribution in [0.15, 0.2) is 18.2 Å². The van der Waals surface area contributed by atoms with Crippen LogP contribution < -0.4 is 10.6 Å². The minimum absolute atomic E-state index is 0.0139. The number of hydrogen-bond acceptors (Lipinski definition) is 2. The van der Waals surface area contributed by atoms with Crippen LogP contribution in [-0.4, -0.2) is 36.5 Å². The molecular weight excluding hydrogens is 304 g/mol. The van der Waals surface area contributed by atoms with E-state index >= 15 is 0 Å². The van der Waals surface area contributed by atoms with Crippen molar-refractivity contribution in [3.63, 3.8) is 0 Å². The van der Waals surface area contributed by atoms with Gasteiger partial charge in [-0.15, -0.1) is 0 Å². The van der Waals surface area contributed by atoms with Gasteiger partial charge in [-0.3, -0.25) is 4.79 Å². The average Bonchev–Trinajstić information content (AvgIpc) is 2.55. The van der Waals surface area contributed by atoms with Crippen molar-refractivity contribution in [3.05, 3.63) is 29.8 Å². The normalized spacial score (nSPS) is 17.7. The van der Waals surface area contributed by atoms with Gasteiger partial charge in [0.05, 0.1) is 5.69 Å². The van der Waals surface area contributed by atoms with Crippen LogP contribution in [0.5, 0.6) is 0 Å². The molecule has 23 heavy (non-hydrogen) atoms. The zero-order chi connectivity index (χ0) is 16.8. The van der Waals surface area contributed by atoms with Gasteiger partial charge in [0.1, 0.15) is 11.6 Å². The fourth-order valence-corrected chi connectivity index (χ4v) is 2.58. The molecule has 1 aromatic carbocycles. The van der Waals surface area contributed by atoms with Gasteiger partial charge in [-0.05, 0) is 30.9 Å². The highest BCUT2D eigenvalue weighted by molar-refractivity contribution is 5.89. The Morgan fingerprint density at radius 2 is 2.13 bits per heavy atom. The molecule has 0 unspecified atom stereocenters. The fourth-order valence-electron chi connectivity index (χ4n) is 2.58. The number of anilines is 1. The van der Waals surface area contributed by atoms with Crippen molar-refractivity contribution in [2.75, 3.05) is 25.0 Å². The Kier molecular flexibility index (Phi) is 5.90. The Bertz CT molecular complexity index is 580. The molecule has 0 radical (unpaired) electrons. The molecule has 7 heteroatoms. The van der Waals surface area contributed by atoms with E-state index in [1.165, 1.54) is 6.07 Å². The third kappa shape index (κ3) is 4.91. The van der Waals surface area contributed by atoms with Gasteiger partial charge in [0.15, 0.2) is 0 Å². The van der Waals surface area contributed by atoms with E-state index in [-0.39, 0.29) is 17.5 Å². The number of nitrogens with one attached hydrogen (secondary N) is 2. The summed E-state index contributed by atoms with van der Waals surface area (Å²) in [6.07, 6.45) is 2.19. The second kappa shape index (κ2) is 7.89. The molecule has 0 saturated carbocycles. The molecule has 1 atom stereocenters. The van der Waals surface area contributed by atoms with E-state index in [1.54, 1.807) is 11.8 Å². The molecule has 1 heterocycles. The van der Waals surface area contributed by atoms with Crippen molar-refractivity contribution < 1.29 is 18.4 Å². The summed E-state index contributed by atoms with van der Waals surface area (Å²) in [5.74, 6) is -1.32. The lowest BCUT2D eigenvalue weighted by Crippen LogP contribution is -2.45. The molecule has 1 saturated heterocycles. The SMILES string of the molecule is CCC(=O)NC[C@@H]1CCCN(C(=O)Nc2ccc(F)cc2F)C1. The lowest BCUT2D eigenvalue weighted by atomic mass is 9.98. The third-order valence-corrected chi connectivity index (χ3v) is 3.89. The number of rotatable bonds is 4. The molecule has 1 aliphatic heterocycles. The van der Waals surface area contributed by atoms with Gasteiger partial charge in [-0.1, -0.05) is 6.92 Å². The highest BCUT2D eigenvalue weighted by Gasteiger charge is 2.24. The number of urea groups is 1. The molecule has 3 amide bonds. The summed E-state index contributed by atoms with van der Waals surface area (Å²) >= 11 is 0. The predicted molar refractivity (Wildman–Crippen MR) is 83.0 cm³/mol. The lowest BCUT2D eigenvalue weighted by Gasteiger charge is -2.32. The number of benzene rings is 1. The second-order valence-electron chi connectivity index (χ2n) is 5.67. The molecular formula is C16H21F2N3O2. The second-order valence-corrected chi connectivity index (χ2v) is 5.67. The minimum Gasteiger partial charge on any atom is -0.356 e. The monoisotopic (exact) mass is 325 g/mol. The molecule has 0 spiro atoms. The highest BCUT2D eigenvalue weighted by atomic mass is 19.1. The smallest absolute Gasteiger partial charge is 0.321 e. The summed E-state index contributed by atoms with van der Waals surface area (Å²) in [6.45, 7) is 3.39. The largest absolute Gasteiger partial charge is 0.356 e. The van der Waals surface area contributed by atoms with E-state index in [0.29, 0.717) is 26.1 Å². The predicted octanol–water partition coefficient (Wildman–Crippen LogP) is 2.73. The zero-order valence-corrected chi connectivity index (χ0v) is 13.1. The van der Waals surface area contributed by atoms with Crippen molar-refractivity contribution in [2.45, 2.75) is 26.2 Å². The Morgan fingerprint density at radius 1 is 1.35 bits per heavy atom. The van der Waals surface area contributed by atoms with Crippen LogP contribution in [0, 0.1) is 17.6 Å². The number of carbonyl (C=O) groups excluding carboxylic acids is 2. The molecule has 1 aromatic rings. The first kappa shape index (κ1) is 17.2. The summed E-state index contributed by atoms with van der Waals surface area (Å²) in [5, 5.41) is 5.29. The molecule has 1 fully saturated rings. The molecule has 2 N–H and O–H groups in total. The van der Waals surface area contributed by atoms with E-state index < -0.39 is 17.7 Å². The van der Waals surface area contributed by atoms with E-state index in [2.05, 4.69) is 10.6 Å². The number of halogens is 2. The topological polar surface area (TPSA) is 61.4 Å². The maximum absolute atomic E-state index is 13.6. The highest BCUT2D eigenvalue weighted by Crippen LogP contribution is 2.19. The summed E-state index contributed by atoms with van der Waals surface area (Å²) in [7, 11) is 0. The van der Waals surface area contributed by atoms with Crippen molar-refractivity contribution in [2.24, 2.45) is 5.92 Å². The van der Waals surface area contributed by atoms with Gasteiger partial charge >= 0.3 is 6.03 Å². The summed E-state index contributed by atoms with van der Waals surface area (Å²) in [6, 6.07) is 2.61. The maximum atomic E-state index is 13.6. The molecule has 1 aliphatic rings. The third-order valence-electron chi connectivity index (χ3n) is 3.89. The van der Waals surface area contributed by atoms with Crippen molar-refractivity contribution >= 4 is 17.6 Å². The average molecular weight is 325 g/mol. The van der Waals surface area contributed by atoms with E-state index in [0.717, 1.165) is 25.0 Å². The van der Waals surface area contributed by atoms with Gasteiger partial charge in [0.25, 0.3) is 0 Å². The molecule has 0 aliphatic carbocycles. The van der Waals surface area contributed by atoms with Crippen molar-refractivity contribution in [3.8, 4) is 0 Å². The summed E-state index contributed by atoms with van der Waals surface area (Å²) < 4.78 is 26.5. The number of carbonyl (C=O) groups is 2. The molecule has 5 nitrogen and oxygen atoms in total. The molecule has 126 valence electrons. The van der Waals surface area contributed by atoms with Crippen molar-refractivity contribution in [1.82, 2.24) is 10.2 Å². The van der Waals surface area contributed by atoms with Gasteiger partial charge < -0.3 is 15.5 Å². The van der Waals surface area contributed by atoms with Crippen LogP contribution in [0.3, 0.4) is 0 Å². The van der Waals surface area contributed by atoms with Crippen LogP contribution in [0.4, 0.5) is 19.3 Å². The van der Waals surface area contributed by atoms with E-state index in [4.69, 9.17) is 0 Å². The maximum Gasteiger partial charge on any atom is 0.321 e. The first-order valence-corrected chi connectivity index (χ1v) is 7.77. The Morgan fingerprint density at radius 3 is 2.83 bits per heavy atom. The summed E-state index contributed by atoms with van der Waals surface area (Å²) in [5.41, 5.74) is -0.0437. The first-order chi connectivity index (χ1) is 11.0. The standard InChI is InChI=1S/C16H21F2N3O2/c1-2-15(22)19-9-11-4-3-7-21(10-11)16(23)20-14-6-5-12(17)8-13(14)18/h5-6,8,11H,2-4,7,9-10H2,1H3,(H,19,22)(H,20,23)/t11-/m0/s1. The minimum atomic E-state index is -0.804. The van der Waals surface area contributed by atoms with E-state index in [9.17, 15) is 18.4 Å². The Labute approximate surface area is 134 Å². The Balaban J connectivity index is 1.90. The number of piperidine rings is 1. The molecule has 0 aromatic heterocycles. The van der Waals surface area contributed by atoms with Crippen LogP contribution >= 0.6 is 0 Å². The lowest BCUT2D eigenvalue weighted by molar-refractivity contribution is -0.121. The number of hydrogen-bond donors (Lipinski definition) is 2. The molecule has 0 bridgehead atoms. The van der Waals surface area contributed by atoms with Crippen LogP contribution in [0.2, 0.25) is 0 Å². The van der Waals surface area contributed by atoms with Gasteiger partial charge in [0.2, 0.25) is 5.91 Å². The number of amides is 3. The van der Waals surface area contributed by atoms with Crippen LogP contribution in [0.1, 0.15) is 26.2 Å². The van der Waals surface area contributed by atoms with Crippen LogP contribution in [0.25, 0.3) is 0 Å². The number of likely N-dealkylation sites (tertiary alicyclic amines) is 1. The van der Waals surface area contributed by atoms with Crippen molar-refractivity contribution in [1.29, 1.82) is 0 Å². The van der Waals surface area contributed by atoms with Gasteiger partial charge in [-0.25, -0.2) is 13.6 Å². The number of nitrogens with zero attached hydrogens (tertiary/aromatic N) is 1. The fraction of sp³-hybridized carbons (Fsp3) is 0.500. The van der Waals surface area contributed by atoms with Gasteiger partial charge in [0, 0.05) is 32.1 Å². The van der Waals surface area contributed by atoms with E-state index in [1.807, 2.05) is 0 Å². The Hall–Kier alpha value is -2.18. The summed E-state index contributed by atoms with van der Waals surface area (Å²) in [4.78, 5) is 25.1. The zero-order valence-electron chi connectivity index (χ0n) is 13.1. The molecule has 2 rings (SSSR count).